The van der Waals surface area contributed by atoms with E-state index in [0.717, 1.165) is 21.3 Å². The molecule has 11 heteroatoms. The third-order valence-corrected chi connectivity index (χ3v) is 6.33. The molecular weight excluding hydrogens is 544 g/mol. The van der Waals surface area contributed by atoms with E-state index in [2.05, 4.69) is 41.6 Å². The molecule has 0 saturated heterocycles. The van der Waals surface area contributed by atoms with Gasteiger partial charge in [-0.2, -0.15) is 5.10 Å². The standard InChI is InChI=1S/C25H21BrN6O3S/c1-16(18-3-9-22(10-4-18)35-17(2)33)28-29-23(34)15-36-25-31-30-24(19-11-13-27-14-12-19)32(25)21-7-5-20(26)6-8-21/h3-14H,15H2,1-2H3,(H,29,34)/b28-16+. The Morgan fingerprint density at radius 2 is 1.69 bits per heavy atom. The van der Waals surface area contributed by atoms with Gasteiger partial charge in [0.05, 0.1) is 11.5 Å². The fourth-order valence-corrected chi connectivity index (χ4v) is 4.19. The smallest absolute Gasteiger partial charge is 0.308 e. The lowest BCUT2D eigenvalue weighted by atomic mass is 10.1. The molecule has 1 N–H and O–H groups in total. The lowest BCUT2D eigenvalue weighted by molar-refractivity contribution is -0.131. The van der Waals surface area contributed by atoms with Gasteiger partial charge in [-0.25, -0.2) is 5.43 Å². The van der Waals surface area contributed by atoms with Crippen LogP contribution in [0.4, 0.5) is 0 Å². The third kappa shape index (κ3) is 6.43. The van der Waals surface area contributed by atoms with Gasteiger partial charge in [-0.3, -0.25) is 19.1 Å². The van der Waals surface area contributed by atoms with Crippen LogP contribution in [0.2, 0.25) is 0 Å². The zero-order valence-corrected chi connectivity index (χ0v) is 21.8. The van der Waals surface area contributed by atoms with Gasteiger partial charge >= 0.3 is 5.97 Å². The molecule has 0 radical (unpaired) electrons. The van der Waals surface area contributed by atoms with Gasteiger partial charge in [0.1, 0.15) is 5.75 Å². The molecule has 4 rings (SSSR count). The molecule has 182 valence electrons. The van der Waals surface area contributed by atoms with Gasteiger partial charge in [0.2, 0.25) is 0 Å². The summed E-state index contributed by atoms with van der Waals surface area (Å²) >= 11 is 4.72. The second kappa shape index (κ2) is 11.7. The molecule has 36 heavy (non-hydrogen) atoms. The second-order valence-electron chi connectivity index (χ2n) is 7.49. The van der Waals surface area contributed by atoms with Gasteiger partial charge in [-0.15, -0.1) is 10.2 Å². The molecule has 0 bridgehead atoms. The number of ether oxygens (including phenoxy) is 1. The number of pyridine rings is 1. The van der Waals surface area contributed by atoms with Gasteiger partial charge < -0.3 is 4.74 Å². The minimum atomic E-state index is -0.387. The van der Waals surface area contributed by atoms with Crippen LogP contribution in [-0.2, 0) is 9.59 Å². The number of benzene rings is 2. The Kier molecular flexibility index (Phi) is 8.24. The van der Waals surface area contributed by atoms with Crippen LogP contribution in [0, 0.1) is 0 Å². The maximum atomic E-state index is 12.5. The Morgan fingerprint density at radius 1 is 1.00 bits per heavy atom. The van der Waals surface area contributed by atoms with E-state index in [4.69, 9.17) is 4.74 Å². The summed E-state index contributed by atoms with van der Waals surface area (Å²) in [5.74, 6) is 0.510. The van der Waals surface area contributed by atoms with Gasteiger partial charge in [0, 0.05) is 35.0 Å². The van der Waals surface area contributed by atoms with Crippen molar-refractivity contribution in [2.24, 2.45) is 5.10 Å². The summed E-state index contributed by atoms with van der Waals surface area (Å²) in [6.45, 7) is 3.12. The summed E-state index contributed by atoms with van der Waals surface area (Å²) in [5, 5.41) is 13.4. The van der Waals surface area contributed by atoms with Crippen LogP contribution >= 0.6 is 27.7 Å². The van der Waals surface area contributed by atoms with E-state index in [-0.39, 0.29) is 17.6 Å². The number of halogens is 1. The number of amides is 1. The molecule has 0 fully saturated rings. The lowest BCUT2D eigenvalue weighted by Crippen LogP contribution is -2.21. The first-order chi connectivity index (χ1) is 17.4. The van der Waals surface area contributed by atoms with E-state index in [1.54, 1.807) is 43.6 Å². The van der Waals surface area contributed by atoms with Crippen molar-refractivity contribution < 1.29 is 14.3 Å². The molecule has 2 aromatic heterocycles. The highest BCUT2D eigenvalue weighted by molar-refractivity contribution is 9.10. The second-order valence-corrected chi connectivity index (χ2v) is 9.35. The number of nitrogens with zero attached hydrogens (tertiary/aromatic N) is 5. The number of hydrazone groups is 1. The van der Waals surface area contributed by atoms with Crippen LogP contribution in [0.1, 0.15) is 19.4 Å². The van der Waals surface area contributed by atoms with Crippen LogP contribution in [-0.4, -0.2) is 43.1 Å². The maximum absolute atomic E-state index is 12.5. The van der Waals surface area contributed by atoms with Gasteiger partial charge in [0.25, 0.3) is 5.91 Å². The average Bonchev–Trinajstić information content (AvgIpc) is 3.31. The fraction of sp³-hybridized carbons (Fsp3) is 0.120. The van der Waals surface area contributed by atoms with Crippen LogP contribution in [0.25, 0.3) is 17.1 Å². The first kappa shape index (κ1) is 25.3. The van der Waals surface area contributed by atoms with E-state index >= 15 is 0 Å². The summed E-state index contributed by atoms with van der Waals surface area (Å²) in [5.41, 5.74) is 5.70. The Balaban J connectivity index is 1.46. The molecular formula is C25H21BrN6O3S. The van der Waals surface area contributed by atoms with Crippen molar-refractivity contribution in [3.63, 3.8) is 0 Å². The zero-order chi connectivity index (χ0) is 25.5. The molecule has 0 atom stereocenters. The molecule has 2 aromatic carbocycles. The zero-order valence-electron chi connectivity index (χ0n) is 19.4. The average molecular weight is 565 g/mol. The quantitative estimate of drug-likeness (QED) is 0.109. The first-order valence-electron chi connectivity index (χ1n) is 10.8. The summed E-state index contributed by atoms with van der Waals surface area (Å²) in [7, 11) is 0. The molecule has 0 spiro atoms. The predicted molar refractivity (Wildman–Crippen MR) is 141 cm³/mol. The number of hydrogen-bond donors (Lipinski definition) is 1. The number of nitrogens with one attached hydrogen (secondary N) is 1. The predicted octanol–water partition coefficient (Wildman–Crippen LogP) is 4.65. The van der Waals surface area contributed by atoms with E-state index in [9.17, 15) is 9.59 Å². The molecule has 1 amide bonds. The highest BCUT2D eigenvalue weighted by Gasteiger charge is 2.17. The third-order valence-electron chi connectivity index (χ3n) is 4.87. The minimum absolute atomic E-state index is 0.0905. The SMILES string of the molecule is CC(=O)Oc1ccc(/C(C)=N/NC(=O)CSc2nnc(-c3ccncc3)n2-c2ccc(Br)cc2)cc1. The molecule has 2 heterocycles. The molecule has 0 aliphatic heterocycles. The van der Waals surface area contributed by atoms with Crippen molar-refractivity contribution >= 4 is 45.3 Å². The van der Waals surface area contributed by atoms with Crippen molar-refractivity contribution in [1.82, 2.24) is 25.2 Å². The van der Waals surface area contributed by atoms with Gasteiger partial charge in [-0.05, 0) is 73.2 Å². The van der Waals surface area contributed by atoms with Gasteiger partial charge in [-0.1, -0.05) is 27.7 Å². The van der Waals surface area contributed by atoms with Gasteiger partial charge in [0.15, 0.2) is 11.0 Å². The number of esters is 1. The number of aromatic nitrogens is 4. The molecule has 0 aliphatic carbocycles. The Hall–Kier alpha value is -3.83. The van der Waals surface area contributed by atoms with Crippen LogP contribution in [0.3, 0.4) is 0 Å². The normalized spacial score (nSPS) is 11.2. The van der Waals surface area contributed by atoms with Crippen molar-refractivity contribution in [1.29, 1.82) is 0 Å². The molecule has 0 unspecified atom stereocenters. The Labute approximate surface area is 220 Å². The molecule has 4 aromatic rings. The summed E-state index contributed by atoms with van der Waals surface area (Å²) in [4.78, 5) is 27.7. The highest BCUT2D eigenvalue weighted by Crippen LogP contribution is 2.28. The number of thioether (sulfide) groups is 1. The van der Waals surface area contributed by atoms with E-state index < -0.39 is 0 Å². The lowest BCUT2D eigenvalue weighted by Gasteiger charge is -2.10. The first-order valence-corrected chi connectivity index (χ1v) is 12.5. The summed E-state index contributed by atoms with van der Waals surface area (Å²) in [6, 6.07) is 18.3. The van der Waals surface area contributed by atoms with E-state index in [0.29, 0.717) is 22.4 Å². The van der Waals surface area contributed by atoms with Crippen LogP contribution < -0.4 is 10.2 Å². The number of carbonyl (C=O) groups excluding carboxylic acids is 2. The topological polar surface area (TPSA) is 111 Å². The number of hydrogen-bond acceptors (Lipinski definition) is 8. The highest BCUT2D eigenvalue weighted by atomic mass is 79.9. The van der Waals surface area contributed by atoms with Crippen LogP contribution in [0.15, 0.2) is 87.8 Å². The molecule has 0 saturated carbocycles. The Bertz CT molecular complexity index is 1390. The van der Waals surface area contributed by atoms with Crippen molar-refractivity contribution in [3.05, 3.63) is 83.1 Å². The van der Waals surface area contributed by atoms with Crippen LogP contribution in [0.5, 0.6) is 5.75 Å². The maximum Gasteiger partial charge on any atom is 0.308 e. The molecule has 9 nitrogen and oxygen atoms in total. The molecule has 0 aliphatic rings. The number of carbonyl (C=O) groups is 2. The number of rotatable bonds is 8. The van der Waals surface area contributed by atoms with Crippen molar-refractivity contribution in [2.75, 3.05) is 5.75 Å². The summed E-state index contributed by atoms with van der Waals surface area (Å²) in [6.07, 6.45) is 3.39. The van der Waals surface area contributed by atoms with Crippen molar-refractivity contribution in [2.45, 2.75) is 19.0 Å². The fourth-order valence-electron chi connectivity index (χ4n) is 3.18. The minimum Gasteiger partial charge on any atom is -0.427 e. The monoisotopic (exact) mass is 564 g/mol. The summed E-state index contributed by atoms with van der Waals surface area (Å²) < 4.78 is 7.88. The Morgan fingerprint density at radius 3 is 2.36 bits per heavy atom. The van der Waals surface area contributed by atoms with Crippen molar-refractivity contribution in [3.8, 4) is 22.8 Å². The largest absolute Gasteiger partial charge is 0.427 e. The van der Waals surface area contributed by atoms with E-state index in [1.807, 2.05) is 41.0 Å². The van der Waals surface area contributed by atoms with E-state index in [1.165, 1.54) is 18.7 Å².